The molecule has 1 atom stereocenters. The Morgan fingerprint density at radius 3 is 2.96 bits per heavy atom. The predicted molar refractivity (Wildman–Crippen MR) is 102 cm³/mol. The molecule has 0 radical (unpaired) electrons. The lowest BCUT2D eigenvalue weighted by molar-refractivity contribution is -0.129. The van der Waals surface area contributed by atoms with Crippen molar-refractivity contribution in [3.63, 3.8) is 0 Å². The van der Waals surface area contributed by atoms with Crippen LogP contribution in [0, 0.1) is 5.82 Å². The zero-order chi connectivity index (χ0) is 18.5. The van der Waals surface area contributed by atoms with Crippen LogP contribution < -0.4 is 0 Å². The van der Waals surface area contributed by atoms with E-state index in [1.165, 1.54) is 28.8 Å². The summed E-state index contributed by atoms with van der Waals surface area (Å²) in [5.74, 6) is 0.427. The monoisotopic (exact) mass is 390 g/mol. The van der Waals surface area contributed by atoms with Gasteiger partial charge in [0.2, 0.25) is 11.1 Å². The number of amides is 1. The number of thiophene rings is 1. The van der Waals surface area contributed by atoms with E-state index < -0.39 is 0 Å². The maximum absolute atomic E-state index is 13.3. The normalized spacial score (nSPS) is 12.1. The molecule has 1 N–H and O–H groups in total. The number of H-pyrrole nitrogens is 1. The van der Waals surface area contributed by atoms with Crippen molar-refractivity contribution in [3.8, 4) is 0 Å². The first-order valence-corrected chi connectivity index (χ1v) is 9.87. The van der Waals surface area contributed by atoms with E-state index in [0.29, 0.717) is 18.1 Å². The van der Waals surface area contributed by atoms with Gasteiger partial charge in [0.1, 0.15) is 11.6 Å². The smallest absolute Gasteiger partial charge is 0.235 e. The van der Waals surface area contributed by atoms with Crippen LogP contribution in [-0.2, 0) is 17.8 Å². The lowest BCUT2D eigenvalue weighted by Crippen LogP contribution is -2.32. The first kappa shape index (κ1) is 18.6. The Morgan fingerprint density at radius 1 is 1.38 bits per heavy atom. The molecule has 136 valence electrons. The van der Waals surface area contributed by atoms with Gasteiger partial charge >= 0.3 is 0 Å². The van der Waals surface area contributed by atoms with Crippen molar-refractivity contribution >= 4 is 29.0 Å². The number of nitrogens with zero attached hydrogens (tertiary/aromatic N) is 3. The molecule has 0 fully saturated rings. The highest BCUT2D eigenvalue weighted by Crippen LogP contribution is 2.22. The Bertz CT molecular complexity index is 866. The van der Waals surface area contributed by atoms with Crippen LogP contribution in [0.1, 0.15) is 23.2 Å². The summed E-state index contributed by atoms with van der Waals surface area (Å²) in [7, 11) is 1.71. The van der Waals surface area contributed by atoms with Crippen molar-refractivity contribution in [2.24, 2.45) is 0 Å². The van der Waals surface area contributed by atoms with Crippen LogP contribution in [0.4, 0.5) is 4.39 Å². The molecule has 0 aliphatic carbocycles. The van der Waals surface area contributed by atoms with Crippen molar-refractivity contribution in [2.45, 2.75) is 30.3 Å². The van der Waals surface area contributed by atoms with Gasteiger partial charge in [-0.15, -0.1) is 16.4 Å². The highest BCUT2D eigenvalue weighted by atomic mass is 32.2. The molecule has 0 spiro atoms. The summed E-state index contributed by atoms with van der Waals surface area (Å²) in [5, 5.41) is 9.35. The van der Waals surface area contributed by atoms with E-state index >= 15 is 0 Å². The minimum absolute atomic E-state index is 0.0520. The molecule has 3 aromatic rings. The fraction of sp³-hybridized carbons (Fsp3) is 0.278. The van der Waals surface area contributed by atoms with Gasteiger partial charge in [0.25, 0.3) is 0 Å². The van der Waals surface area contributed by atoms with E-state index in [2.05, 4.69) is 15.2 Å². The molecule has 1 unspecified atom stereocenters. The summed E-state index contributed by atoms with van der Waals surface area (Å²) in [5.41, 5.74) is 0.758. The number of nitrogens with one attached hydrogen (secondary N) is 1. The average Bonchev–Trinajstić information content (AvgIpc) is 3.26. The zero-order valence-electron chi connectivity index (χ0n) is 14.5. The molecule has 0 bridgehead atoms. The van der Waals surface area contributed by atoms with E-state index in [9.17, 15) is 9.18 Å². The van der Waals surface area contributed by atoms with E-state index in [4.69, 9.17) is 0 Å². The molecule has 26 heavy (non-hydrogen) atoms. The Hall–Kier alpha value is -2.19. The molecule has 2 heterocycles. The average molecular weight is 391 g/mol. The Kier molecular flexibility index (Phi) is 6.05. The molecule has 0 saturated heterocycles. The molecule has 8 heteroatoms. The van der Waals surface area contributed by atoms with Crippen LogP contribution in [0.5, 0.6) is 0 Å². The lowest BCUT2D eigenvalue weighted by Gasteiger charge is -2.20. The van der Waals surface area contributed by atoms with Gasteiger partial charge in [-0.2, -0.15) is 0 Å². The van der Waals surface area contributed by atoms with Crippen LogP contribution in [-0.4, -0.2) is 38.3 Å². The summed E-state index contributed by atoms with van der Waals surface area (Å²) >= 11 is 2.98. The lowest BCUT2D eigenvalue weighted by atomic mass is 10.2. The number of benzene rings is 1. The minimum Gasteiger partial charge on any atom is -0.340 e. The van der Waals surface area contributed by atoms with Gasteiger partial charge < -0.3 is 4.90 Å². The van der Waals surface area contributed by atoms with Crippen LogP contribution in [0.25, 0.3) is 0 Å². The topological polar surface area (TPSA) is 61.9 Å². The summed E-state index contributed by atoms with van der Waals surface area (Å²) in [6, 6.07) is 10.3. The summed E-state index contributed by atoms with van der Waals surface area (Å²) < 4.78 is 13.3. The molecular formula is C18H19FN4OS2. The van der Waals surface area contributed by atoms with Gasteiger partial charge in [-0.1, -0.05) is 30.0 Å². The van der Waals surface area contributed by atoms with Crippen LogP contribution in [0.15, 0.2) is 46.9 Å². The van der Waals surface area contributed by atoms with Crippen molar-refractivity contribution < 1.29 is 9.18 Å². The predicted octanol–water partition coefficient (Wildman–Crippen LogP) is 3.74. The molecule has 2 aromatic heterocycles. The third-order valence-electron chi connectivity index (χ3n) is 3.75. The minimum atomic E-state index is -0.334. The number of rotatable bonds is 7. The molecule has 3 rings (SSSR count). The van der Waals surface area contributed by atoms with Crippen LogP contribution in [0.2, 0.25) is 0 Å². The van der Waals surface area contributed by atoms with E-state index in [1.54, 1.807) is 35.4 Å². The number of carbonyl (C=O) groups is 1. The number of hydrogen-bond donors (Lipinski definition) is 1. The van der Waals surface area contributed by atoms with Gasteiger partial charge in [-0.05, 0) is 36.1 Å². The molecule has 5 nitrogen and oxygen atoms in total. The quantitative estimate of drug-likeness (QED) is 0.625. The van der Waals surface area contributed by atoms with Crippen molar-refractivity contribution in [1.29, 1.82) is 0 Å². The number of aromatic amines is 1. The van der Waals surface area contributed by atoms with E-state index in [1.807, 2.05) is 24.4 Å². The molecule has 0 aliphatic heterocycles. The van der Waals surface area contributed by atoms with Gasteiger partial charge in [-0.25, -0.2) is 9.37 Å². The molecular weight excluding hydrogens is 371 g/mol. The summed E-state index contributed by atoms with van der Waals surface area (Å²) in [4.78, 5) is 19.8. The number of aromatic nitrogens is 3. The summed E-state index contributed by atoms with van der Waals surface area (Å²) in [6.07, 6.45) is 0.701. The van der Waals surface area contributed by atoms with Gasteiger partial charge in [0.15, 0.2) is 0 Å². The van der Waals surface area contributed by atoms with Gasteiger partial charge in [0.05, 0.1) is 5.25 Å². The third-order valence-corrected chi connectivity index (χ3v) is 5.57. The standard InChI is InChI=1S/C18H19FN4OS2/c1-12(17(24)23(2)11-13-5-3-6-14(19)9-13)26-18-20-16(21-22-18)10-15-7-4-8-25-15/h3-9,12H,10-11H2,1-2H3,(H,20,21,22). The first-order valence-electron chi connectivity index (χ1n) is 8.11. The molecule has 1 amide bonds. The molecule has 0 aliphatic rings. The van der Waals surface area contributed by atoms with Crippen LogP contribution in [0.3, 0.4) is 0 Å². The second-order valence-corrected chi connectivity index (χ2v) is 8.25. The fourth-order valence-corrected chi connectivity index (χ4v) is 4.06. The Labute approximate surface area is 159 Å². The largest absolute Gasteiger partial charge is 0.340 e. The SMILES string of the molecule is CC(Sc1n[nH]c(Cc2cccs2)n1)C(=O)N(C)Cc1cccc(F)c1. The highest BCUT2D eigenvalue weighted by Gasteiger charge is 2.21. The third kappa shape index (κ3) is 4.92. The first-order chi connectivity index (χ1) is 12.5. The maximum atomic E-state index is 13.3. The molecule has 1 aromatic carbocycles. The number of thioether (sulfide) groups is 1. The molecule has 0 saturated carbocycles. The van der Waals surface area contributed by atoms with Crippen molar-refractivity contribution in [1.82, 2.24) is 20.1 Å². The number of halogens is 1. The second kappa shape index (κ2) is 8.46. The van der Waals surface area contributed by atoms with Crippen molar-refractivity contribution in [2.75, 3.05) is 7.05 Å². The summed E-state index contributed by atoms with van der Waals surface area (Å²) in [6.45, 7) is 2.18. The van der Waals surface area contributed by atoms with Gasteiger partial charge in [-0.3, -0.25) is 9.89 Å². The second-order valence-electron chi connectivity index (χ2n) is 5.91. The zero-order valence-corrected chi connectivity index (χ0v) is 16.1. The van der Waals surface area contributed by atoms with Gasteiger partial charge in [0, 0.05) is 24.9 Å². The Morgan fingerprint density at radius 2 is 2.23 bits per heavy atom. The fourth-order valence-electron chi connectivity index (χ4n) is 2.49. The maximum Gasteiger partial charge on any atom is 0.235 e. The van der Waals surface area contributed by atoms with Crippen molar-refractivity contribution in [3.05, 3.63) is 63.9 Å². The van der Waals surface area contributed by atoms with E-state index in [0.717, 1.165) is 11.4 Å². The number of carbonyl (C=O) groups excluding carboxylic acids is 1. The highest BCUT2D eigenvalue weighted by molar-refractivity contribution is 8.00. The number of hydrogen-bond acceptors (Lipinski definition) is 5. The van der Waals surface area contributed by atoms with E-state index in [-0.39, 0.29) is 17.0 Å². The Balaban J connectivity index is 1.56. The van der Waals surface area contributed by atoms with Crippen LogP contribution >= 0.6 is 23.1 Å².